The van der Waals surface area contributed by atoms with E-state index in [4.69, 9.17) is 0 Å². The molecule has 1 aliphatic heterocycles. The molecule has 0 saturated heterocycles. The first kappa shape index (κ1) is 18.4. The molecule has 0 bridgehead atoms. The predicted molar refractivity (Wildman–Crippen MR) is 109 cm³/mol. The number of allylic oxidation sites excluding steroid dienone is 1. The second kappa shape index (κ2) is 7.57. The Bertz CT molecular complexity index is 1120. The summed E-state index contributed by atoms with van der Waals surface area (Å²) in [5.74, 6) is -0.483. The van der Waals surface area contributed by atoms with Crippen molar-refractivity contribution in [2.24, 2.45) is 0 Å². The molecule has 0 fully saturated rings. The van der Waals surface area contributed by atoms with Crippen LogP contribution in [0.3, 0.4) is 0 Å². The summed E-state index contributed by atoms with van der Waals surface area (Å²) < 4.78 is 27.7. The monoisotopic (exact) mass is 411 g/mol. The number of thiophene rings is 1. The summed E-state index contributed by atoms with van der Waals surface area (Å²) in [6.45, 7) is 0.487. The molecule has 28 heavy (non-hydrogen) atoms. The molecule has 1 aliphatic rings. The molecule has 6 nitrogen and oxygen atoms in total. The van der Waals surface area contributed by atoms with Gasteiger partial charge in [0.15, 0.2) is 4.91 Å². The molecule has 0 atom stereocenters. The van der Waals surface area contributed by atoms with Crippen molar-refractivity contribution in [3.8, 4) is 0 Å². The van der Waals surface area contributed by atoms with Gasteiger partial charge in [-0.1, -0.05) is 36.4 Å². The number of carbonyl (C=O) groups is 1. The number of hydrogen-bond acceptors (Lipinski definition) is 6. The first-order valence-electron chi connectivity index (χ1n) is 8.60. The molecule has 0 spiro atoms. The number of hydrogen-bond donors (Lipinski definition) is 1. The second-order valence-corrected chi connectivity index (χ2v) is 8.92. The number of aromatic nitrogens is 1. The summed E-state index contributed by atoms with van der Waals surface area (Å²) in [6, 6.07) is 16.5. The molecule has 2 aromatic heterocycles. The number of sulfonamides is 1. The van der Waals surface area contributed by atoms with E-state index in [2.05, 4.69) is 10.3 Å². The fraction of sp³-hybridized carbons (Fsp3) is 0.100. The third-order valence-corrected chi connectivity index (χ3v) is 6.99. The maximum atomic E-state index is 13.2. The Labute approximate surface area is 167 Å². The van der Waals surface area contributed by atoms with Crippen LogP contribution in [0.5, 0.6) is 0 Å². The van der Waals surface area contributed by atoms with Crippen LogP contribution in [-0.4, -0.2) is 19.2 Å². The molecule has 0 radical (unpaired) electrons. The first-order chi connectivity index (χ1) is 13.6. The van der Waals surface area contributed by atoms with Gasteiger partial charge in [0.2, 0.25) is 5.78 Å². The number of Topliss-reactive ketones (excluding diaryl/α,β-unsaturated/α-hetero) is 1. The van der Waals surface area contributed by atoms with E-state index < -0.39 is 15.8 Å². The Hall–Kier alpha value is -2.97. The zero-order valence-corrected chi connectivity index (χ0v) is 16.4. The SMILES string of the molecule is O=C1C(=CNCc2ccccn2)S(=O)(=O)N(Cc2ccccc2)c2ccsc21. The van der Waals surface area contributed by atoms with E-state index in [9.17, 15) is 13.2 Å². The van der Waals surface area contributed by atoms with E-state index in [-0.39, 0.29) is 11.4 Å². The van der Waals surface area contributed by atoms with Crippen molar-refractivity contribution in [1.29, 1.82) is 0 Å². The van der Waals surface area contributed by atoms with E-state index in [0.717, 1.165) is 11.3 Å². The smallest absolute Gasteiger partial charge is 0.270 e. The van der Waals surface area contributed by atoms with Gasteiger partial charge in [0.05, 0.1) is 24.5 Å². The molecule has 0 saturated carbocycles. The largest absolute Gasteiger partial charge is 0.384 e. The van der Waals surface area contributed by atoms with E-state index in [1.807, 2.05) is 42.5 Å². The molecule has 4 rings (SSSR count). The van der Waals surface area contributed by atoms with Gasteiger partial charge in [-0.25, -0.2) is 8.42 Å². The number of fused-ring (bicyclic) bond motifs is 1. The maximum absolute atomic E-state index is 13.2. The number of nitrogens with one attached hydrogen (secondary N) is 1. The van der Waals surface area contributed by atoms with Crippen molar-refractivity contribution < 1.29 is 13.2 Å². The molecule has 142 valence electrons. The second-order valence-electron chi connectivity index (χ2n) is 6.17. The van der Waals surface area contributed by atoms with Crippen LogP contribution in [-0.2, 0) is 23.1 Å². The Kier molecular flexibility index (Phi) is 4.97. The van der Waals surface area contributed by atoms with Gasteiger partial charge in [-0.15, -0.1) is 11.3 Å². The highest BCUT2D eigenvalue weighted by molar-refractivity contribution is 7.97. The normalized spacial score (nSPS) is 16.8. The number of benzene rings is 1. The maximum Gasteiger partial charge on any atom is 0.270 e. The Balaban J connectivity index is 1.67. The van der Waals surface area contributed by atoms with Crippen molar-refractivity contribution in [2.45, 2.75) is 13.1 Å². The van der Waals surface area contributed by atoms with E-state index >= 15 is 0 Å². The highest BCUT2D eigenvalue weighted by Gasteiger charge is 2.41. The highest BCUT2D eigenvalue weighted by atomic mass is 32.2. The van der Waals surface area contributed by atoms with Gasteiger partial charge in [0.1, 0.15) is 4.88 Å². The van der Waals surface area contributed by atoms with Crippen LogP contribution in [0, 0.1) is 0 Å². The van der Waals surface area contributed by atoms with Crippen LogP contribution in [0.15, 0.2) is 77.3 Å². The molecular weight excluding hydrogens is 394 g/mol. The molecule has 0 aliphatic carbocycles. The van der Waals surface area contributed by atoms with Crippen LogP contribution in [0.4, 0.5) is 5.69 Å². The van der Waals surface area contributed by atoms with Gasteiger partial charge < -0.3 is 5.32 Å². The molecule has 8 heteroatoms. The average molecular weight is 412 g/mol. The third-order valence-electron chi connectivity index (χ3n) is 4.32. The number of carbonyl (C=O) groups excluding carboxylic acids is 1. The summed E-state index contributed by atoms with van der Waals surface area (Å²) in [6.07, 6.45) is 2.94. The van der Waals surface area contributed by atoms with Crippen LogP contribution in [0.2, 0.25) is 0 Å². The molecule has 0 amide bonds. The number of anilines is 1. The minimum atomic E-state index is -3.98. The van der Waals surface area contributed by atoms with Crippen molar-refractivity contribution in [1.82, 2.24) is 10.3 Å². The summed E-state index contributed by atoms with van der Waals surface area (Å²) in [5.41, 5.74) is 2.03. The lowest BCUT2D eigenvalue weighted by atomic mass is 10.2. The van der Waals surface area contributed by atoms with Gasteiger partial charge >= 0.3 is 0 Å². The van der Waals surface area contributed by atoms with Gasteiger partial charge in [-0.3, -0.25) is 14.1 Å². The van der Waals surface area contributed by atoms with Crippen LogP contribution >= 0.6 is 11.3 Å². The number of rotatable bonds is 5. The van der Waals surface area contributed by atoms with Gasteiger partial charge in [0, 0.05) is 12.4 Å². The zero-order chi connectivity index (χ0) is 19.6. The van der Waals surface area contributed by atoms with Crippen molar-refractivity contribution in [3.05, 3.63) is 93.4 Å². The van der Waals surface area contributed by atoms with Crippen LogP contribution < -0.4 is 9.62 Å². The molecule has 1 aromatic carbocycles. The standard InChI is InChI=1S/C20H17N3O3S2/c24-19-18(13-21-12-16-8-4-5-10-22-16)28(25,26)23(17-9-11-27-20(17)19)14-15-6-2-1-3-7-15/h1-11,13,21H,12,14H2. The fourth-order valence-electron chi connectivity index (χ4n) is 2.96. The Morgan fingerprint density at radius 2 is 1.86 bits per heavy atom. The third kappa shape index (κ3) is 3.44. The number of pyridine rings is 1. The Morgan fingerprint density at radius 3 is 2.61 bits per heavy atom. The summed E-state index contributed by atoms with van der Waals surface area (Å²) >= 11 is 1.25. The summed E-state index contributed by atoms with van der Waals surface area (Å²) in [4.78, 5) is 17.2. The van der Waals surface area contributed by atoms with Crippen LogP contribution in [0.25, 0.3) is 0 Å². The van der Waals surface area contributed by atoms with E-state index in [0.29, 0.717) is 17.1 Å². The summed E-state index contributed by atoms with van der Waals surface area (Å²) in [5, 5.41) is 4.65. The van der Waals surface area contributed by atoms with Gasteiger partial charge in [-0.05, 0) is 29.1 Å². The van der Waals surface area contributed by atoms with Crippen molar-refractivity contribution in [2.75, 3.05) is 4.31 Å². The molecule has 1 N–H and O–H groups in total. The average Bonchev–Trinajstić information content (AvgIpc) is 3.19. The van der Waals surface area contributed by atoms with Crippen molar-refractivity contribution >= 4 is 32.8 Å². The number of ketones is 1. The van der Waals surface area contributed by atoms with E-state index in [1.54, 1.807) is 23.7 Å². The molecule has 0 unspecified atom stereocenters. The summed E-state index contributed by atoms with van der Waals surface area (Å²) in [7, 11) is -3.98. The molecule has 3 heterocycles. The van der Waals surface area contributed by atoms with E-state index in [1.165, 1.54) is 21.8 Å². The lowest BCUT2D eigenvalue weighted by Gasteiger charge is -2.29. The lowest BCUT2D eigenvalue weighted by molar-refractivity contribution is 0.104. The highest BCUT2D eigenvalue weighted by Crippen LogP contribution is 2.39. The molecule has 3 aromatic rings. The topological polar surface area (TPSA) is 79.4 Å². The van der Waals surface area contributed by atoms with Gasteiger partial charge in [0.25, 0.3) is 10.0 Å². The minimum absolute atomic E-state index is 0.164. The molecular formula is C20H17N3O3S2. The Morgan fingerprint density at radius 1 is 1.07 bits per heavy atom. The van der Waals surface area contributed by atoms with Gasteiger partial charge in [-0.2, -0.15) is 0 Å². The fourth-order valence-corrected chi connectivity index (χ4v) is 5.46. The zero-order valence-electron chi connectivity index (χ0n) is 14.8. The first-order valence-corrected chi connectivity index (χ1v) is 10.9. The lowest BCUT2D eigenvalue weighted by Crippen LogP contribution is -2.38. The van der Waals surface area contributed by atoms with Crippen LogP contribution in [0.1, 0.15) is 20.9 Å². The van der Waals surface area contributed by atoms with Crippen molar-refractivity contribution in [3.63, 3.8) is 0 Å². The predicted octanol–water partition coefficient (Wildman–Crippen LogP) is 3.31. The number of nitrogens with zero attached hydrogens (tertiary/aromatic N) is 2. The minimum Gasteiger partial charge on any atom is -0.384 e. The quantitative estimate of drug-likeness (QED) is 0.652.